The summed E-state index contributed by atoms with van der Waals surface area (Å²) in [6, 6.07) is 5.07. The summed E-state index contributed by atoms with van der Waals surface area (Å²) in [5, 5.41) is 0. The molecule has 0 bridgehead atoms. The van der Waals surface area contributed by atoms with Gasteiger partial charge >= 0.3 is 0 Å². The molecule has 1 aliphatic carbocycles. The van der Waals surface area contributed by atoms with Crippen molar-refractivity contribution in [2.45, 2.75) is 24.7 Å². The van der Waals surface area contributed by atoms with Crippen molar-refractivity contribution >= 4 is 15.6 Å². The minimum Gasteiger partial charge on any atom is -0.294 e. The number of ketones is 1. The number of sulfone groups is 1. The van der Waals surface area contributed by atoms with E-state index in [-0.39, 0.29) is 16.4 Å². The Kier molecular flexibility index (Phi) is 2.38. The maximum Gasteiger partial charge on any atom is 0.178 e. The molecule has 0 amide bonds. The number of hydrogen-bond donors (Lipinski definition) is 0. The fourth-order valence-corrected chi connectivity index (χ4v) is 3.04. The normalized spacial score (nSPS) is 15.4. The number of rotatable bonds is 2. The van der Waals surface area contributed by atoms with Gasteiger partial charge in [-0.05, 0) is 18.1 Å². The van der Waals surface area contributed by atoms with Gasteiger partial charge in [-0.3, -0.25) is 4.79 Å². The largest absolute Gasteiger partial charge is 0.294 e. The first-order valence-corrected chi connectivity index (χ1v) is 6.59. The molecule has 0 N–H and O–H groups in total. The van der Waals surface area contributed by atoms with Crippen LogP contribution in [0.5, 0.6) is 0 Å². The fraction of sp³-hybridized carbons (Fsp3) is 0.364. The van der Waals surface area contributed by atoms with E-state index in [1.165, 1.54) is 6.07 Å². The van der Waals surface area contributed by atoms with Crippen LogP contribution >= 0.6 is 0 Å². The third-order valence-electron chi connectivity index (χ3n) is 2.73. The molecule has 4 heteroatoms. The van der Waals surface area contributed by atoms with E-state index < -0.39 is 9.84 Å². The van der Waals surface area contributed by atoms with Gasteiger partial charge in [-0.2, -0.15) is 0 Å². The van der Waals surface area contributed by atoms with Crippen molar-refractivity contribution in [2.75, 3.05) is 5.75 Å². The smallest absolute Gasteiger partial charge is 0.178 e. The molecule has 1 aliphatic rings. The molecular formula is C11H12O3S. The number of fused-ring (bicyclic) bond motifs is 1. The molecule has 0 aliphatic heterocycles. The zero-order chi connectivity index (χ0) is 11.1. The summed E-state index contributed by atoms with van der Waals surface area (Å²) in [6.45, 7) is 1.59. The number of aryl methyl sites for hydroxylation is 1. The lowest BCUT2D eigenvalue weighted by Gasteiger charge is -2.06. The van der Waals surface area contributed by atoms with Crippen molar-refractivity contribution in [2.24, 2.45) is 0 Å². The molecule has 0 unspecified atom stereocenters. The molecule has 2 rings (SSSR count). The topological polar surface area (TPSA) is 51.2 Å². The zero-order valence-electron chi connectivity index (χ0n) is 8.49. The van der Waals surface area contributed by atoms with Crippen LogP contribution in [0.15, 0.2) is 23.1 Å². The minimum absolute atomic E-state index is 0.0384. The molecule has 0 fully saturated rings. The highest BCUT2D eigenvalue weighted by molar-refractivity contribution is 7.91. The van der Waals surface area contributed by atoms with E-state index in [1.807, 2.05) is 6.07 Å². The summed E-state index contributed by atoms with van der Waals surface area (Å²) >= 11 is 0. The lowest BCUT2D eigenvalue weighted by Crippen LogP contribution is -2.09. The third kappa shape index (κ3) is 1.59. The van der Waals surface area contributed by atoms with Crippen LogP contribution in [-0.4, -0.2) is 20.0 Å². The Balaban J connectivity index is 2.70. The van der Waals surface area contributed by atoms with Crippen molar-refractivity contribution in [1.82, 2.24) is 0 Å². The Hall–Kier alpha value is -1.16. The first kappa shape index (κ1) is 10.4. The van der Waals surface area contributed by atoms with Gasteiger partial charge < -0.3 is 0 Å². The van der Waals surface area contributed by atoms with Crippen molar-refractivity contribution in [3.63, 3.8) is 0 Å². The van der Waals surface area contributed by atoms with Gasteiger partial charge in [0, 0.05) is 12.0 Å². The zero-order valence-corrected chi connectivity index (χ0v) is 9.30. The summed E-state index contributed by atoms with van der Waals surface area (Å²) in [4.78, 5) is 11.8. The number of benzene rings is 1. The van der Waals surface area contributed by atoms with E-state index in [4.69, 9.17) is 0 Å². The van der Waals surface area contributed by atoms with Gasteiger partial charge in [0.1, 0.15) is 0 Å². The number of carbonyl (C=O) groups excluding carboxylic acids is 1. The van der Waals surface area contributed by atoms with Gasteiger partial charge in [-0.1, -0.05) is 19.1 Å². The molecule has 0 radical (unpaired) electrons. The second-order valence-electron chi connectivity index (χ2n) is 3.62. The van der Waals surface area contributed by atoms with Crippen LogP contribution in [0.1, 0.15) is 29.3 Å². The summed E-state index contributed by atoms with van der Waals surface area (Å²) in [5.74, 6) is -0.00544. The van der Waals surface area contributed by atoms with Crippen LogP contribution in [0, 0.1) is 0 Å². The predicted octanol–water partition coefficient (Wildman–Crippen LogP) is 1.61. The average Bonchev–Trinajstić information content (AvgIpc) is 2.60. The van der Waals surface area contributed by atoms with E-state index in [2.05, 4.69) is 0 Å². The van der Waals surface area contributed by atoms with Gasteiger partial charge in [0.25, 0.3) is 0 Å². The van der Waals surface area contributed by atoms with Crippen LogP contribution in [0.2, 0.25) is 0 Å². The second-order valence-corrected chi connectivity index (χ2v) is 5.86. The van der Waals surface area contributed by atoms with Gasteiger partial charge in [0.2, 0.25) is 0 Å². The number of carbonyl (C=O) groups is 1. The Morgan fingerprint density at radius 1 is 1.27 bits per heavy atom. The highest BCUT2D eigenvalue weighted by Crippen LogP contribution is 2.28. The number of Topliss-reactive ketones (excluding diaryl/α,β-unsaturated/α-hetero) is 1. The van der Waals surface area contributed by atoms with Crippen LogP contribution in [0.4, 0.5) is 0 Å². The van der Waals surface area contributed by atoms with E-state index >= 15 is 0 Å². The fourth-order valence-electron chi connectivity index (χ4n) is 1.89. The summed E-state index contributed by atoms with van der Waals surface area (Å²) in [5.41, 5.74) is 1.30. The van der Waals surface area contributed by atoms with Crippen LogP contribution in [0.3, 0.4) is 0 Å². The van der Waals surface area contributed by atoms with Crippen LogP contribution in [-0.2, 0) is 16.3 Å². The summed E-state index contributed by atoms with van der Waals surface area (Å²) in [7, 11) is -3.28. The Bertz CT molecular complexity index is 515. The SMILES string of the molecule is CCS(=O)(=O)c1cccc2c1C(=O)CC2. The highest BCUT2D eigenvalue weighted by Gasteiger charge is 2.27. The maximum atomic E-state index is 11.8. The molecule has 0 spiro atoms. The molecule has 0 aromatic heterocycles. The Labute approximate surface area is 89.0 Å². The van der Waals surface area contributed by atoms with Gasteiger partial charge in [0.05, 0.1) is 10.6 Å². The van der Waals surface area contributed by atoms with Gasteiger partial charge in [-0.25, -0.2) is 8.42 Å². The molecule has 15 heavy (non-hydrogen) atoms. The van der Waals surface area contributed by atoms with Gasteiger partial charge in [-0.15, -0.1) is 0 Å². The standard InChI is InChI=1S/C11H12O3S/c1-2-15(13,14)10-5-3-4-8-6-7-9(12)11(8)10/h3-5H,2,6-7H2,1H3. The third-order valence-corrected chi connectivity index (χ3v) is 4.50. The molecule has 0 atom stereocenters. The summed E-state index contributed by atoms with van der Waals surface area (Å²) < 4.78 is 23.5. The summed E-state index contributed by atoms with van der Waals surface area (Å²) in [6.07, 6.45) is 1.10. The van der Waals surface area contributed by atoms with Gasteiger partial charge in [0.15, 0.2) is 15.6 Å². The van der Waals surface area contributed by atoms with Crippen LogP contribution < -0.4 is 0 Å². The van der Waals surface area contributed by atoms with E-state index in [0.717, 1.165) is 5.56 Å². The lowest BCUT2D eigenvalue weighted by atomic mass is 10.1. The van der Waals surface area contributed by atoms with E-state index in [0.29, 0.717) is 18.4 Å². The molecule has 1 aromatic carbocycles. The minimum atomic E-state index is -3.28. The molecular weight excluding hydrogens is 212 g/mol. The first-order valence-electron chi connectivity index (χ1n) is 4.94. The molecule has 0 saturated carbocycles. The molecule has 0 heterocycles. The average molecular weight is 224 g/mol. The maximum absolute atomic E-state index is 11.8. The van der Waals surface area contributed by atoms with Crippen molar-refractivity contribution in [3.8, 4) is 0 Å². The predicted molar refractivity (Wildman–Crippen MR) is 56.8 cm³/mol. The monoisotopic (exact) mass is 224 g/mol. The van der Waals surface area contributed by atoms with Crippen molar-refractivity contribution in [3.05, 3.63) is 29.3 Å². The molecule has 0 saturated heterocycles. The molecule has 80 valence electrons. The van der Waals surface area contributed by atoms with Crippen molar-refractivity contribution in [1.29, 1.82) is 0 Å². The number of hydrogen-bond acceptors (Lipinski definition) is 3. The van der Waals surface area contributed by atoms with E-state index in [9.17, 15) is 13.2 Å². The first-order chi connectivity index (χ1) is 7.06. The highest BCUT2D eigenvalue weighted by atomic mass is 32.2. The van der Waals surface area contributed by atoms with Crippen molar-refractivity contribution < 1.29 is 13.2 Å². The second kappa shape index (κ2) is 3.45. The molecule has 3 nitrogen and oxygen atoms in total. The lowest BCUT2D eigenvalue weighted by molar-refractivity contribution is 0.0992. The Morgan fingerprint density at radius 3 is 2.67 bits per heavy atom. The van der Waals surface area contributed by atoms with Crippen LogP contribution in [0.25, 0.3) is 0 Å². The quantitative estimate of drug-likeness (QED) is 0.766. The molecule has 1 aromatic rings. The Morgan fingerprint density at radius 2 is 2.00 bits per heavy atom. The van der Waals surface area contributed by atoms with E-state index in [1.54, 1.807) is 13.0 Å².